The van der Waals surface area contributed by atoms with Crippen LogP contribution in [0.3, 0.4) is 0 Å². The quantitative estimate of drug-likeness (QED) is 0.555. The molecule has 0 fully saturated rings. The van der Waals surface area contributed by atoms with Crippen molar-refractivity contribution >= 4 is 6.29 Å². The largest absolute Gasteiger partial charge is 0.490 e. The van der Waals surface area contributed by atoms with Gasteiger partial charge in [0.05, 0.1) is 6.61 Å². The minimum atomic E-state index is 0.477. The molecule has 0 aromatic carbocycles. The van der Waals surface area contributed by atoms with Crippen LogP contribution in [-0.2, 0) is 9.53 Å². The van der Waals surface area contributed by atoms with E-state index in [0.29, 0.717) is 18.3 Å². The molecule has 1 aliphatic rings. The molecule has 1 aliphatic heterocycles. The van der Waals surface area contributed by atoms with Crippen molar-refractivity contribution in [2.75, 3.05) is 6.61 Å². The summed E-state index contributed by atoms with van der Waals surface area (Å²) in [5, 5.41) is 0. The third-order valence-corrected chi connectivity index (χ3v) is 1.64. The highest BCUT2D eigenvalue weighted by Gasteiger charge is 2.14. The Bertz CT molecular complexity index is 149. The fourth-order valence-electron chi connectivity index (χ4n) is 1.14. The Morgan fingerprint density at radius 1 is 1.90 bits per heavy atom. The van der Waals surface area contributed by atoms with E-state index in [1.54, 1.807) is 0 Å². The first kappa shape index (κ1) is 7.32. The Balaban J connectivity index is 2.38. The second kappa shape index (κ2) is 3.40. The number of allylic oxidation sites excluding steroid dienone is 1. The smallest absolute Gasteiger partial charge is 0.184 e. The Kier molecular flexibility index (Phi) is 2.49. The van der Waals surface area contributed by atoms with Crippen LogP contribution in [0.1, 0.15) is 19.8 Å². The second-order valence-corrected chi connectivity index (χ2v) is 2.55. The van der Waals surface area contributed by atoms with Crippen LogP contribution in [0.4, 0.5) is 0 Å². The van der Waals surface area contributed by atoms with Gasteiger partial charge in [0, 0.05) is 5.92 Å². The maximum absolute atomic E-state index is 10.2. The SMILES string of the molecule is CCCC1C=C(C=O)OC1. The highest BCUT2D eigenvalue weighted by molar-refractivity contribution is 5.70. The first-order chi connectivity index (χ1) is 4.86. The zero-order valence-corrected chi connectivity index (χ0v) is 6.17. The Hall–Kier alpha value is -0.790. The van der Waals surface area contributed by atoms with Crippen LogP contribution in [0.2, 0.25) is 0 Å². The summed E-state index contributed by atoms with van der Waals surface area (Å²) in [7, 11) is 0. The fraction of sp³-hybridized carbons (Fsp3) is 0.625. The molecule has 0 saturated heterocycles. The van der Waals surface area contributed by atoms with Crippen molar-refractivity contribution in [1.82, 2.24) is 0 Å². The van der Waals surface area contributed by atoms with Crippen LogP contribution < -0.4 is 0 Å². The van der Waals surface area contributed by atoms with Gasteiger partial charge in [-0.3, -0.25) is 4.79 Å². The normalized spacial score (nSPS) is 23.7. The van der Waals surface area contributed by atoms with E-state index in [1.807, 2.05) is 6.08 Å². The molecule has 1 atom stereocenters. The van der Waals surface area contributed by atoms with Crippen molar-refractivity contribution in [3.05, 3.63) is 11.8 Å². The van der Waals surface area contributed by atoms with Gasteiger partial charge in [-0.1, -0.05) is 13.3 Å². The first-order valence-corrected chi connectivity index (χ1v) is 3.66. The van der Waals surface area contributed by atoms with Gasteiger partial charge in [-0.15, -0.1) is 0 Å². The van der Waals surface area contributed by atoms with Crippen molar-refractivity contribution in [2.24, 2.45) is 5.92 Å². The van der Waals surface area contributed by atoms with Crippen LogP contribution in [-0.4, -0.2) is 12.9 Å². The minimum absolute atomic E-state index is 0.477. The van der Waals surface area contributed by atoms with E-state index in [1.165, 1.54) is 0 Å². The van der Waals surface area contributed by atoms with Crippen LogP contribution in [0.5, 0.6) is 0 Å². The third kappa shape index (κ3) is 1.59. The molecule has 0 aromatic heterocycles. The zero-order chi connectivity index (χ0) is 7.40. The Morgan fingerprint density at radius 3 is 3.20 bits per heavy atom. The fourth-order valence-corrected chi connectivity index (χ4v) is 1.14. The topological polar surface area (TPSA) is 26.3 Å². The molecular weight excluding hydrogens is 128 g/mol. The molecule has 0 radical (unpaired) electrons. The molecule has 56 valence electrons. The predicted octanol–water partition coefficient (Wildman–Crippen LogP) is 1.52. The van der Waals surface area contributed by atoms with Gasteiger partial charge in [0.2, 0.25) is 0 Å². The van der Waals surface area contributed by atoms with Gasteiger partial charge in [-0.2, -0.15) is 0 Å². The lowest BCUT2D eigenvalue weighted by Gasteiger charge is -2.00. The summed E-state index contributed by atoms with van der Waals surface area (Å²) in [6.07, 6.45) is 4.96. The molecule has 0 bridgehead atoms. The van der Waals surface area contributed by atoms with Gasteiger partial charge < -0.3 is 4.74 Å². The standard InChI is InChI=1S/C8H12O2/c1-2-3-7-4-8(5-9)10-6-7/h4-5,7H,2-3,6H2,1H3. The molecule has 0 N–H and O–H groups in total. The van der Waals surface area contributed by atoms with Crippen LogP contribution >= 0.6 is 0 Å². The molecular formula is C8H12O2. The molecule has 0 amide bonds. The molecule has 0 spiro atoms. The van der Waals surface area contributed by atoms with Gasteiger partial charge in [-0.05, 0) is 12.5 Å². The van der Waals surface area contributed by atoms with E-state index >= 15 is 0 Å². The van der Waals surface area contributed by atoms with E-state index < -0.39 is 0 Å². The summed E-state index contributed by atoms with van der Waals surface area (Å²) in [6.45, 7) is 2.83. The van der Waals surface area contributed by atoms with Crippen molar-refractivity contribution in [1.29, 1.82) is 0 Å². The summed E-state index contributed by atoms with van der Waals surface area (Å²) in [5.74, 6) is 0.989. The molecule has 0 aliphatic carbocycles. The van der Waals surface area contributed by atoms with Gasteiger partial charge in [-0.25, -0.2) is 0 Å². The van der Waals surface area contributed by atoms with Gasteiger partial charge >= 0.3 is 0 Å². The molecule has 2 heteroatoms. The maximum Gasteiger partial charge on any atom is 0.184 e. The third-order valence-electron chi connectivity index (χ3n) is 1.64. The number of carbonyl (C=O) groups excluding carboxylic acids is 1. The Labute approximate surface area is 60.9 Å². The lowest BCUT2D eigenvalue weighted by atomic mass is 10.1. The van der Waals surface area contributed by atoms with Crippen molar-refractivity contribution in [3.8, 4) is 0 Å². The second-order valence-electron chi connectivity index (χ2n) is 2.55. The van der Waals surface area contributed by atoms with Gasteiger partial charge in [0.1, 0.15) is 0 Å². The summed E-state index contributed by atoms with van der Waals surface area (Å²) in [6, 6.07) is 0. The summed E-state index contributed by atoms with van der Waals surface area (Å²) in [5.41, 5.74) is 0. The number of hydrogen-bond donors (Lipinski definition) is 0. The highest BCUT2D eigenvalue weighted by atomic mass is 16.5. The van der Waals surface area contributed by atoms with E-state index in [-0.39, 0.29) is 0 Å². The molecule has 1 rings (SSSR count). The molecule has 0 saturated carbocycles. The van der Waals surface area contributed by atoms with E-state index in [0.717, 1.165) is 19.1 Å². The van der Waals surface area contributed by atoms with Crippen LogP contribution in [0.15, 0.2) is 11.8 Å². The summed E-state index contributed by atoms with van der Waals surface area (Å²) < 4.78 is 5.06. The molecule has 0 aromatic rings. The zero-order valence-electron chi connectivity index (χ0n) is 6.17. The summed E-state index contributed by atoms with van der Waals surface area (Å²) >= 11 is 0. The molecule has 1 heterocycles. The number of aldehydes is 1. The molecule has 2 nitrogen and oxygen atoms in total. The van der Waals surface area contributed by atoms with E-state index in [9.17, 15) is 4.79 Å². The average molecular weight is 140 g/mol. The number of hydrogen-bond acceptors (Lipinski definition) is 2. The average Bonchev–Trinajstić information content (AvgIpc) is 2.37. The highest BCUT2D eigenvalue weighted by Crippen LogP contribution is 2.18. The molecule has 1 unspecified atom stereocenters. The lowest BCUT2D eigenvalue weighted by molar-refractivity contribution is -0.107. The minimum Gasteiger partial charge on any atom is -0.490 e. The van der Waals surface area contributed by atoms with Crippen molar-refractivity contribution < 1.29 is 9.53 Å². The monoisotopic (exact) mass is 140 g/mol. The Morgan fingerprint density at radius 2 is 2.70 bits per heavy atom. The molecule has 10 heavy (non-hydrogen) atoms. The van der Waals surface area contributed by atoms with Gasteiger partial charge in [0.15, 0.2) is 12.0 Å². The van der Waals surface area contributed by atoms with E-state index in [2.05, 4.69) is 6.92 Å². The first-order valence-electron chi connectivity index (χ1n) is 3.66. The van der Waals surface area contributed by atoms with Gasteiger partial charge in [0.25, 0.3) is 0 Å². The van der Waals surface area contributed by atoms with Crippen LogP contribution in [0.25, 0.3) is 0 Å². The number of carbonyl (C=O) groups is 1. The van der Waals surface area contributed by atoms with E-state index in [4.69, 9.17) is 4.74 Å². The summed E-state index contributed by atoms with van der Waals surface area (Å²) in [4.78, 5) is 10.2. The predicted molar refractivity (Wildman–Crippen MR) is 38.5 cm³/mol. The van der Waals surface area contributed by atoms with Crippen LogP contribution in [0, 0.1) is 5.92 Å². The number of ether oxygens (including phenoxy) is 1. The van der Waals surface area contributed by atoms with Crippen molar-refractivity contribution in [3.63, 3.8) is 0 Å². The maximum atomic E-state index is 10.2. The lowest BCUT2D eigenvalue weighted by Crippen LogP contribution is -1.97. The number of rotatable bonds is 3. The van der Waals surface area contributed by atoms with Crippen molar-refractivity contribution in [2.45, 2.75) is 19.8 Å².